The predicted octanol–water partition coefficient (Wildman–Crippen LogP) is 10.2. The first-order valence-corrected chi connectivity index (χ1v) is 21.5. The number of likely N-dealkylation sites (N-methyl/N-ethyl adjacent to an activating group) is 1. The average Bonchev–Trinajstić information content (AvgIpc) is 3.14. The smallest absolute Gasteiger partial charge is 0.306 e. The van der Waals surface area contributed by atoms with E-state index in [1.54, 1.807) is 21.1 Å². The first-order valence-electron chi connectivity index (χ1n) is 21.5. The van der Waals surface area contributed by atoms with Crippen molar-refractivity contribution < 1.29 is 38.2 Å². The fourth-order valence-corrected chi connectivity index (χ4v) is 5.84. The Bertz CT molecular complexity index is 1130. The lowest BCUT2D eigenvalue weighted by atomic mass is 10.1. The molecule has 0 aromatic rings. The van der Waals surface area contributed by atoms with E-state index in [0.29, 0.717) is 6.42 Å². The average molecular weight is 770 g/mol. The van der Waals surface area contributed by atoms with Crippen molar-refractivity contribution >= 4 is 17.9 Å². The minimum Gasteiger partial charge on any atom is -0.544 e. The molecule has 0 aliphatic heterocycles. The van der Waals surface area contributed by atoms with E-state index < -0.39 is 18.1 Å². The second-order valence-corrected chi connectivity index (χ2v) is 15.3. The Kier molecular flexibility index (Phi) is 35.5. The molecular formula is C47H79NO7. The maximum absolute atomic E-state index is 12.7. The Morgan fingerprint density at radius 1 is 0.564 bits per heavy atom. The van der Waals surface area contributed by atoms with Crippen molar-refractivity contribution in [3.8, 4) is 0 Å². The maximum Gasteiger partial charge on any atom is 0.306 e. The molecule has 0 saturated carbocycles. The van der Waals surface area contributed by atoms with Gasteiger partial charge in [0.15, 0.2) is 6.10 Å². The summed E-state index contributed by atoms with van der Waals surface area (Å²) in [7, 11) is 5.38. The zero-order chi connectivity index (χ0) is 40.7. The van der Waals surface area contributed by atoms with Gasteiger partial charge in [0.2, 0.25) is 0 Å². The molecule has 2 unspecified atom stereocenters. The fraction of sp³-hybridized carbons (Fsp3) is 0.681. The lowest BCUT2D eigenvalue weighted by Gasteiger charge is -2.34. The highest BCUT2D eigenvalue weighted by atomic mass is 16.6. The normalized spacial score (nSPS) is 13.7. The van der Waals surface area contributed by atoms with Crippen LogP contribution < -0.4 is 5.11 Å². The number of carboxylic acid groups (broad SMARTS) is 1. The lowest BCUT2D eigenvalue weighted by molar-refractivity contribution is -0.889. The van der Waals surface area contributed by atoms with Crippen molar-refractivity contribution in [1.29, 1.82) is 0 Å². The van der Waals surface area contributed by atoms with Gasteiger partial charge >= 0.3 is 11.9 Å². The molecule has 2 atom stereocenters. The molecule has 8 nitrogen and oxygen atoms in total. The molecule has 55 heavy (non-hydrogen) atoms. The van der Waals surface area contributed by atoms with E-state index in [9.17, 15) is 19.5 Å². The van der Waals surface area contributed by atoms with Crippen LogP contribution in [0.5, 0.6) is 0 Å². The number of hydrogen-bond acceptors (Lipinski definition) is 7. The number of ether oxygens (including phenoxy) is 3. The van der Waals surface area contributed by atoms with Gasteiger partial charge in [0.05, 0.1) is 40.3 Å². The lowest BCUT2D eigenvalue weighted by Crippen LogP contribution is -2.55. The van der Waals surface area contributed by atoms with Crippen molar-refractivity contribution in [2.75, 3.05) is 41.0 Å². The van der Waals surface area contributed by atoms with Crippen molar-refractivity contribution in [3.05, 3.63) is 72.9 Å². The van der Waals surface area contributed by atoms with Gasteiger partial charge in [-0.3, -0.25) is 9.59 Å². The molecule has 0 aromatic carbocycles. The van der Waals surface area contributed by atoms with Crippen LogP contribution in [0.15, 0.2) is 72.9 Å². The number of nitrogens with zero attached hydrogens (tertiary/aromatic N) is 1. The van der Waals surface area contributed by atoms with Gasteiger partial charge in [0.25, 0.3) is 0 Å². The van der Waals surface area contributed by atoms with Crippen molar-refractivity contribution in [2.45, 2.75) is 167 Å². The molecule has 314 valence electrons. The number of allylic oxidation sites excluding steroid dienone is 12. The van der Waals surface area contributed by atoms with Gasteiger partial charge in [-0.05, 0) is 57.8 Å². The molecule has 0 heterocycles. The Labute approximate surface area is 336 Å². The summed E-state index contributed by atoms with van der Waals surface area (Å²) in [4.78, 5) is 36.8. The van der Waals surface area contributed by atoms with Crippen LogP contribution >= 0.6 is 0 Å². The summed E-state index contributed by atoms with van der Waals surface area (Å²) >= 11 is 0. The molecule has 0 saturated heterocycles. The van der Waals surface area contributed by atoms with E-state index in [1.807, 2.05) is 30.4 Å². The minimum atomic E-state index is -1.14. The zero-order valence-corrected chi connectivity index (χ0v) is 35.6. The molecule has 0 radical (unpaired) electrons. The number of carboxylic acids is 1. The standard InChI is InChI=1S/C47H79NO7/c1-6-8-10-12-14-16-18-20-22-24-25-27-29-31-33-35-37-45(49)54-42-43(41-53-40-39-44(47(51)52)48(3,4)5)55-46(50)38-36-34-32-30-28-26-23-21-19-17-15-13-11-9-7-2/h9,11,13,15,17,19,21-25,27,43-44H,6-8,10,12,14,16,18,20,26,28-42H2,1-5H3/b11-9+,15-13+,19-17+,23-21+,24-22+,27-25+. The van der Waals surface area contributed by atoms with Crippen LogP contribution in [0.25, 0.3) is 0 Å². The number of aliphatic carboxylic acids is 1. The highest BCUT2D eigenvalue weighted by molar-refractivity contribution is 5.70. The second-order valence-electron chi connectivity index (χ2n) is 15.3. The SMILES string of the molecule is CC/C=C/C=C/C=C/C=C/CCCCCCCC(=O)OC(COCCC(C(=O)[O-])[N+](C)(C)C)COC(=O)CCCCC/C=C/C=C/CCCCCCCCC. The van der Waals surface area contributed by atoms with Crippen LogP contribution in [0, 0.1) is 0 Å². The van der Waals surface area contributed by atoms with E-state index in [2.05, 4.69) is 56.4 Å². The monoisotopic (exact) mass is 770 g/mol. The molecule has 0 aliphatic carbocycles. The van der Waals surface area contributed by atoms with Gasteiger partial charge in [-0.1, -0.05) is 151 Å². The van der Waals surface area contributed by atoms with E-state index >= 15 is 0 Å². The number of carbonyl (C=O) groups excluding carboxylic acids is 3. The number of esters is 2. The number of rotatable bonds is 37. The van der Waals surface area contributed by atoms with E-state index in [0.717, 1.165) is 77.0 Å². The molecular weight excluding hydrogens is 691 g/mol. The Morgan fingerprint density at radius 3 is 1.55 bits per heavy atom. The molecule has 0 amide bonds. The fourth-order valence-electron chi connectivity index (χ4n) is 5.84. The second kappa shape index (κ2) is 37.7. The summed E-state index contributed by atoms with van der Waals surface area (Å²) in [6, 6.07) is -0.737. The van der Waals surface area contributed by atoms with E-state index in [4.69, 9.17) is 14.2 Å². The largest absolute Gasteiger partial charge is 0.544 e. The number of unbranched alkanes of at least 4 members (excludes halogenated alkanes) is 15. The summed E-state index contributed by atoms with van der Waals surface area (Å²) in [6.45, 7) is 4.44. The van der Waals surface area contributed by atoms with Gasteiger partial charge in [-0.2, -0.15) is 0 Å². The molecule has 8 heteroatoms. The molecule has 0 rings (SSSR count). The first kappa shape index (κ1) is 51.8. The van der Waals surface area contributed by atoms with Gasteiger partial charge in [0, 0.05) is 19.3 Å². The summed E-state index contributed by atoms with van der Waals surface area (Å²) in [6.07, 6.45) is 46.4. The van der Waals surface area contributed by atoms with Crippen molar-refractivity contribution in [1.82, 2.24) is 0 Å². The highest BCUT2D eigenvalue weighted by Gasteiger charge is 2.25. The molecule has 0 N–H and O–H groups in total. The third kappa shape index (κ3) is 36.2. The third-order valence-corrected chi connectivity index (χ3v) is 9.20. The van der Waals surface area contributed by atoms with Crippen molar-refractivity contribution in [3.63, 3.8) is 0 Å². The van der Waals surface area contributed by atoms with Crippen LogP contribution in [0.3, 0.4) is 0 Å². The number of carbonyl (C=O) groups is 3. The van der Waals surface area contributed by atoms with Crippen LogP contribution in [-0.4, -0.2) is 75.5 Å². The van der Waals surface area contributed by atoms with Crippen LogP contribution in [-0.2, 0) is 28.6 Å². The highest BCUT2D eigenvalue weighted by Crippen LogP contribution is 2.12. The summed E-state index contributed by atoms with van der Waals surface area (Å²) in [5, 5.41) is 11.6. The number of quaternary nitrogens is 1. The van der Waals surface area contributed by atoms with Crippen molar-refractivity contribution in [2.24, 2.45) is 0 Å². The van der Waals surface area contributed by atoms with Gasteiger partial charge in [0.1, 0.15) is 12.6 Å². The first-order chi connectivity index (χ1) is 26.6. The molecule has 0 aliphatic rings. The molecule has 0 fully saturated rings. The molecule has 0 spiro atoms. The number of hydrogen-bond donors (Lipinski definition) is 0. The Morgan fingerprint density at radius 2 is 1.02 bits per heavy atom. The molecule has 0 aromatic heterocycles. The third-order valence-electron chi connectivity index (χ3n) is 9.20. The quantitative estimate of drug-likeness (QED) is 0.0268. The summed E-state index contributed by atoms with van der Waals surface area (Å²) in [5.41, 5.74) is 0. The summed E-state index contributed by atoms with van der Waals surface area (Å²) < 4.78 is 17.1. The Hall–Kier alpha value is -3.23. The van der Waals surface area contributed by atoms with Crippen LogP contribution in [0.1, 0.15) is 155 Å². The van der Waals surface area contributed by atoms with Gasteiger partial charge < -0.3 is 28.6 Å². The van der Waals surface area contributed by atoms with E-state index in [-0.39, 0.29) is 49.1 Å². The van der Waals surface area contributed by atoms with Crippen LogP contribution in [0.4, 0.5) is 0 Å². The predicted molar refractivity (Wildman–Crippen MR) is 226 cm³/mol. The molecule has 0 bridgehead atoms. The summed E-state index contributed by atoms with van der Waals surface area (Å²) in [5.74, 6) is -1.81. The van der Waals surface area contributed by atoms with Gasteiger partial charge in [-0.15, -0.1) is 0 Å². The van der Waals surface area contributed by atoms with E-state index in [1.165, 1.54) is 44.9 Å². The maximum atomic E-state index is 12.7. The van der Waals surface area contributed by atoms with Crippen LogP contribution in [0.2, 0.25) is 0 Å². The Balaban J connectivity index is 4.46. The minimum absolute atomic E-state index is 0.0185. The topological polar surface area (TPSA) is 102 Å². The zero-order valence-electron chi connectivity index (χ0n) is 35.6. The van der Waals surface area contributed by atoms with Gasteiger partial charge in [-0.25, -0.2) is 0 Å².